The van der Waals surface area contributed by atoms with E-state index in [4.69, 9.17) is 0 Å². The molecule has 1 heterocycles. The molecular formula is C19H22N2O4S. The summed E-state index contributed by atoms with van der Waals surface area (Å²) in [5.74, 6) is 0.148. The van der Waals surface area contributed by atoms with Crippen molar-refractivity contribution in [2.24, 2.45) is 0 Å². The fourth-order valence-corrected chi connectivity index (χ4v) is 4.18. The second-order valence-electron chi connectivity index (χ2n) is 6.40. The average Bonchev–Trinajstić information content (AvgIpc) is 2.62. The largest absolute Gasteiger partial charge is 0.508 e. The normalized spacial score (nSPS) is 14.1. The molecule has 0 bridgehead atoms. The summed E-state index contributed by atoms with van der Waals surface area (Å²) in [5, 5.41) is 9.75. The number of phenols is 1. The average molecular weight is 374 g/mol. The van der Waals surface area contributed by atoms with Crippen LogP contribution in [0.15, 0.2) is 47.4 Å². The zero-order valence-electron chi connectivity index (χ0n) is 14.6. The van der Waals surface area contributed by atoms with Gasteiger partial charge in [-0.1, -0.05) is 24.3 Å². The van der Waals surface area contributed by atoms with Crippen LogP contribution in [0.3, 0.4) is 0 Å². The number of fused-ring (bicyclic) bond motifs is 1. The Hall–Kier alpha value is -2.38. The van der Waals surface area contributed by atoms with Crippen molar-refractivity contribution in [2.75, 3.05) is 13.1 Å². The number of carbonyl (C=O) groups is 1. The van der Waals surface area contributed by atoms with Crippen LogP contribution in [0.25, 0.3) is 0 Å². The van der Waals surface area contributed by atoms with Gasteiger partial charge < -0.3 is 10.0 Å². The van der Waals surface area contributed by atoms with Gasteiger partial charge in [0, 0.05) is 26.6 Å². The molecule has 0 saturated heterocycles. The Kier molecular flexibility index (Phi) is 5.29. The highest BCUT2D eigenvalue weighted by Gasteiger charge is 2.21. The first-order valence-electron chi connectivity index (χ1n) is 8.50. The van der Waals surface area contributed by atoms with Gasteiger partial charge in [0.05, 0.1) is 4.90 Å². The van der Waals surface area contributed by atoms with E-state index in [0.29, 0.717) is 25.1 Å². The zero-order valence-corrected chi connectivity index (χ0v) is 15.4. The molecule has 2 aromatic rings. The molecule has 0 aliphatic carbocycles. The van der Waals surface area contributed by atoms with E-state index >= 15 is 0 Å². The first-order chi connectivity index (χ1) is 12.4. The SMILES string of the molecule is CC(=O)N1CCc2ccc(S(=O)(=O)NCCc3ccccc3O)cc2C1. The van der Waals surface area contributed by atoms with Crippen molar-refractivity contribution in [1.82, 2.24) is 9.62 Å². The van der Waals surface area contributed by atoms with E-state index < -0.39 is 10.0 Å². The number of benzene rings is 2. The van der Waals surface area contributed by atoms with Crippen LogP contribution in [0.2, 0.25) is 0 Å². The lowest BCUT2D eigenvalue weighted by Crippen LogP contribution is -2.34. The summed E-state index contributed by atoms with van der Waals surface area (Å²) in [4.78, 5) is 13.5. The first-order valence-corrected chi connectivity index (χ1v) is 9.99. The summed E-state index contributed by atoms with van der Waals surface area (Å²) >= 11 is 0. The molecule has 0 saturated carbocycles. The van der Waals surface area contributed by atoms with Crippen molar-refractivity contribution in [2.45, 2.75) is 31.2 Å². The summed E-state index contributed by atoms with van der Waals surface area (Å²) in [6.07, 6.45) is 1.13. The van der Waals surface area contributed by atoms with Crippen LogP contribution < -0.4 is 4.72 Å². The Morgan fingerprint density at radius 2 is 1.96 bits per heavy atom. The molecule has 0 fully saturated rings. The number of nitrogens with one attached hydrogen (secondary N) is 1. The van der Waals surface area contributed by atoms with Gasteiger partial charge in [-0.05, 0) is 47.7 Å². The quantitative estimate of drug-likeness (QED) is 0.836. The third kappa shape index (κ3) is 4.05. The van der Waals surface area contributed by atoms with Gasteiger partial charge >= 0.3 is 0 Å². The zero-order chi connectivity index (χ0) is 18.7. The van der Waals surface area contributed by atoms with Crippen LogP contribution in [0.5, 0.6) is 5.75 Å². The van der Waals surface area contributed by atoms with Gasteiger partial charge in [-0.15, -0.1) is 0 Å². The number of para-hydroxylation sites is 1. The molecule has 3 rings (SSSR count). The molecule has 0 unspecified atom stereocenters. The van der Waals surface area contributed by atoms with Crippen molar-refractivity contribution in [3.05, 3.63) is 59.2 Å². The summed E-state index contributed by atoms with van der Waals surface area (Å²) in [6.45, 7) is 2.81. The fourth-order valence-electron chi connectivity index (χ4n) is 3.10. The van der Waals surface area contributed by atoms with E-state index in [1.54, 1.807) is 41.3 Å². The summed E-state index contributed by atoms with van der Waals surface area (Å²) < 4.78 is 27.7. The van der Waals surface area contributed by atoms with E-state index in [2.05, 4.69) is 4.72 Å². The highest BCUT2D eigenvalue weighted by atomic mass is 32.2. The van der Waals surface area contributed by atoms with Gasteiger partial charge in [-0.3, -0.25) is 4.79 Å². The highest BCUT2D eigenvalue weighted by molar-refractivity contribution is 7.89. The van der Waals surface area contributed by atoms with Gasteiger partial charge in [-0.2, -0.15) is 0 Å². The molecule has 1 amide bonds. The lowest BCUT2D eigenvalue weighted by atomic mass is 10.00. The predicted molar refractivity (Wildman–Crippen MR) is 98.2 cm³/mol. The molecule has 0 aromatic heterocycles. The Balaban J connectivity index is 1.71. The summed E-state index contributed by atoms with van der Waals surface area (Å²) in [6, 6.07) is 11.9. The number of carbonyl (C=O) groups excluding carboxylic acids is 1. The maximum Gasteiger partial charge on any atom is 0.240 e. The molecule has 0 spiro atoms. The lowest BCUT2D eigenvalue weighted by molar-refractivity contribution is -0.129. The van der Waals surface area contributed by atoms with Crippen LogP contribution in [-0.2, 0) is 34.2 Å². The Morgan fingerprint density at radius 1 is 1.19 bits per heavy atom. The number of sulfonamides is 1. The Morgan fingerprint density at radius 3 is 2.69 bits per heavy atom. The Bertz CT molecular complexity index is 925. The van der Waals surface area contributed by atoms with E-state index in [-0.39, 0.29) is 23.1 Å². The van der Waals surface area contributed by atoms with Gasteiger partial charge in [0.2, 0.25) is 15.9 Å². The van der Waals surface area contributed by atoms with Gasteiger partial charge in [-0.25, -0.2) is 13.1 Å². The lowest BCUT2D eigenvalue weighted by Gasteiger charge is -2.28. The van der Waals surface area contributed by atoms with E-state index in [1.165, 1.54) is 6.92 Å². The monoisotopic (exact) mass is 374 g/mol. The third-order valence-electron chi connectivity index (χ3n) is 4.62. The maximum absolute atomic E-state index is 12.6. The van der Waals surface area contributed by atoms with Crippen LogP contribution in [-0.4, -0.2) is 37.4 Å². The predicted octanol–water partition coefficient (Wildman–Crippen LogP) is 1.82. The van der Waals surface area contributed by atoms with Crippen molar-refractivity contribution >= 4 is 15.9 Å². The standard InChI is InChI=1S/C19H22N2O4S/c1-14(22)21-11-9-15-6-7-18(12-17(15)13-21)26(24,25)20-10-8-16-4-2-3-5-19(16)23/h2-7,12,20,23H,8-11,13H2,1H3. The van der Waals surface area contributed by atoms with Gasteiger partial charge in [0.1, 0.15) is 5.75 Å². The topological polar surface area (TPSA) is 86.7 Å². The van der Waals surface area contributed by atoms with Crippen molar-refractivity contribution < 1.29 is 18.3 Å². The molecule has 2 N–H and O–H groups in total. The minimum Gasteiger partial charge on any atom is -0.508 e. The number of nitrogens with zero attached hydrogens (tertiary/aromatic N) is 1. The molecule has 0 atom stereocenters. The minimum atomic E-state index is -3.65. The van der Waals surface area contributed by atoms with Crippen LogP contribution in [0.1, 0.15) is 23.6 Å². The summed E-state index contributed by atoms with van der Waals surface area (Å²) in [5.41, 5.74) is 2.64. The molecule has 1 aliphatic rings. The number of aromatic hydroxyl groups is 1. The fraction of sp³-hybridized carbons (Fsp3) is 0.316. The molecule has 26 heavy (non-hydrogen) atoms. The van der Waals surface area contributed by atoms with Crippen molar-refractivity contribution in [3.8, 4) is 5.75 Å². The summed E-state index contributed by atoms with van der Waals surface area (Å²) in [7, 11) is -3.65. The molecule has 138 valence electrons. The second-order valence-corrected chi connectivity index (χ2v) is 8.16. The number of rotatable bonds is 5. The van der Waals surface area contributed by atoms with Gasteiger partial charge in [0.25, 0.3) is 0 Å². The third-order valence-corrected chi connectivity index (χ3v) is 6.08. The Labute approximate surface area is 153 Å². The van der Waals surface area contributed by atoms with E-state index in [9.17, 15) is 18.3 Å². The number of amides is 1. The van der Waals surface area contributed by atoms with Gasteiger partial charge in [0.15, 0.2) is 0 Å². The molecular weight excluding hydrogens is 352 g/mol. The number of hydrogen-bond donors (Lipinski definition) is 2. The van der Waals surface area contributed by atoms with Crippen LogP contribution in [0.4, 0.5) is 0 Å². The van der Waals surface area contributed by atoms with Crippen LogP contribution >= 0.6 is 0 Å². The number of phenolic OH excluding ortho intramolecular Hbond substituents is 1. The van der Waals surface area contributed by atoms with Crippen LogP contribution in [0, 0.1) is 0 Å². The van der Waals surface area contributed by atoms with Crippen molar-refractivity contribution in [1.29, 1.82) is 0 Å². The molecule has 1 aliphatic heterocycles. The maximum atomic E-state index is 12.6. The van der Waals surface area contributed by atoms with E-state index in [0.717, 1.165) is 17.5 Å². The first kappa shape index (κ1) is 18.4. The highest BCUT2D eigenvalue weighted by Crippen LogP contribution is 2.23. The number of hydrogen-bond acceptors (Lipinski definition) is 4. The molecule has 6 nitrogen and oxygen atoms in total. The van der Waals surface area contributed by atoms with E-state index in [1.807, 2.05) is 6.07 Å². The molecule has 0 radical (unpaired) electrons. The molecule has 2 aromatic carbocycles. The smallest absolute Gasteiger partial charge is 0.240 e. The minimum absolute atomic E-state index is 0.00953. The molecule has 7 heteroatoms. The van der Waals surface area contributed by atoms with Crippen molar-refractivity contribution in [3.63, 3.8) is 0 Å². The second kappa shape index (κ2) is 7.47.